The molecule has 1 saturated heterocycles. The van der Waals surface area contributed by atoms with Crippen molar-refractivity contribution in [2.75, 3.05) is 0 Å². The van der Waals surface area contributed by atoms with Gasteiger partial charge in [-0.2, -0.15) is 0 Å². The lowest BCUT2D eigenvalue weighted by molar-refractivity contribution is -0.166. The fourth-order valence-electron chi connectivity index (χ4n) is 3.82. The van der Waals surface area contributed by atoms with E-state index in [0.717, 1.165) is 16.7 Å². The first-order valence-corrected chi connectivity index (χ1v) is 8.11. The Morgan fingerprint density at radius 2 is 1.83 bits per heavy atom. The molecule has 2 atom stereocenters. The van der Waals surface area contributed by atoms with E-state index in [9.17, 15) is 9.59 Å². The monoisotopic (exact) mass is 342 g/mol. The van der Waals surface area contributed by atoms with Crippen molar-refractivity contribution in [1.82, 2.24) is 0 Å². The third-order valence-corrected chi connectivity index (χ3v) is 4.98. The van der Waals surface area contributed by atoms with E-state index in [1.807, 2.05) is 32.0 Å². The Labute approximate surface area is 144 Å². The van der Waals surface area contributed by atoms with Gasteiger partial charge in [-0.05, 0) is 48.7 Å². The van der Waals surface area contributed by atoms with Crippen LogP contribution in [0.3, 0.4) is 0 Å². The van der Waals surface area contributed by atoms with Crippen molar-refractivity contribution in [1.29, 1.82) is 0 Å². The van der Waals surface area contributed by atoms with Gasteiger partial charge >= 0.3 is 11.9 Å². The zero-order chi connectivity index (χ0) is 17.1. The van der Waals surface area contributed by atoms with E-state index in [1.54, 1.807) is 18.2 Å². The van der Waals surface area contributed by atoms with E-state index in [2.05, 4.69) is 0 Å². The largest absolute Gasteiger partial charge is 0.441 e. The van der Waals surface area contributed by atoms with Crippen molar-refractivity contribution < 1.29 is 19.1 Å². The topological polar surface area (TPSA) is 52.6 Å². The number of hydrogen-bond acceptors (Lipinski definition) is 4. The summed E-state index contributed by atoms with van der Waals surface area (Å²) in [5.74, 6) is -0.889. The maximum absolute atomic E-state index is 12.8. The third kappa shape index (κ3) is 1.99. The third-order valence-electron chi connectivity index (χ3n) is 4.73. The molecule has 2 heterocycles. The molecule has 0 aromatic heterocycles. The molecular formula is C19H15ClO4. The predicted octanol–water partition coefficient (Wildman–Crippen LogP) is 3.80. The minimum absolute atomic E-state index is 0.128. The molecule has 0 amide bonds. The van der Waals surface area contributed by atoms with Crippen molar-refractivity contribution in [3.8, 4) is 5.75 Å². The van der Waals surface area contributed by atoms with Crippen LogP contribution in [0, 0.1) is 13.8 Å². The molecule has 2 aromatic rings. The first-order valence-electron chi connectivity index (χ1n) is 7.73. The highest BCUT2D eigenvalue weighted by molar-refractivity contribution is 6.30. The highest BCUT2D eigenvalue weighted by atomic mass is 35.5. The first-order chi connectivity index (χ1) is 11.4. The van der Waals surface area contributed by atoms with Gasteiger partial charge in [-0.25, -0.2) is 4.79 Å². The summed E-state index contributed by atoms with van der Waals surface area (Å²) in [6.45, 7) is 3.84. The van der Waals surface area contributed by atoms with Crippen molar-refractivity contribution >= 4 is 23.5 Å². The van der Waals surface area contributed by atoms with Crippen LogP contribution in [0.2, 0.25) is 5.02 Å². The predicted molar refractivity (Wildman–Crippen MR) is 88.1 cm³/mol. The Balaban J connectivity index is 1.94. The van der Waals surface area contributed by atoms with Gasteiger partial charge in [0.2, 0.25) is 5.60 Å². The molecule has 0 bridgehead atoms. The van der Waals surface area contributed by atoms with E-state index < -0.39 is 23.5 Å². The van der Waals surface area contributed by atoms with Gasteiger partial charge in [0.05, 0.1) is 12.0 Å². The molecule has 2 aliphatic heterocycles. The maximum atomic E-state index is 12.8. The number of halogens is 1. The molecule has 1 fully saturated rings. The SMILES string of the molecule is Cc1cc(C)c2c(c1)OC(=O)[C@]21OC(=O)C[C@H]1c1ccc(Cl)cc1. The number of carbonyl (C=O) groups excluding carboxylic acids is 2. The zero-order valence-corrected chi connectivity index (χ0v) is 14.0. The molecule has 2 aromatic carbocycles. The summed E-state index contributed by atoms with van der Waals surface area (Å²) in [6.07, 6.45) is 0.128. The van der Waals surface area contributed by atoms with Crippen LogP contribution in [0.5, 0.6) is 5.75 Å². The first kappa shape index (κ1) is 15.2. The van der Waals surface area contributed by atoms with Crippen molar-refractivity contribution in [2.24, 2.45) is 0 Å². The number of fused-ring (bicyclic) bond motifs is 2. The minimum atomic E-state index is -1.40. The fourth-order valence-corrected chi connectivity index (χ4v) is 3.95. The Kier molecular flexibility index (Phi) is 3.22. The average molecular weight is 343 g/mol. The number of benzene rings is 2. The van der Waals surface area contributed by atoms with Crippen LogP contribution in [0.15, 0.2) is 36.4 Å². The smallest absolute Gasteiger partial charge is 0.361 e. The second-order valence-electron chi connectivity index (χ2n) is 6.36. The molecule has 1 spiro atoms. The molecule has 0 saturated carbocycles. The van der Waals surface area contributed by atoms with Crippen LogP contribution in [0.4, 0.5) is 0 Å². The standard InChI is InChI=1S/C19H15ClO4/c1-10-7-11(2)17-15(8-10)23-18(22)19(17)14(9-16(21)24-19)12-3-5-13(20)6-4-12/h3-8,14H,9H2,1-2H3/t14-,19+/m0/s1. The molecule has 24 heavy (non-hydrogen) atoms. The molecule has 0 radical (unpaired) electrons. The van der Waals surface area contributed by atoms with Gasteiger partial charge in [-0.1, -0.05) is 29.8 Å². The highest BCUT2D eigenvalue weighted by Crippen LogP contribution is 2.55. The second kappa shape index (κ2) is 5.08. The van der Waals surface area contributed by atoms with Crippen LogP contribution in [0.25, 0.3) is 0 Å². The van der Waals surface area contributed by atoms with Crippen LogP contribution in [-0.4, -0.2) is 11.9 Å². The number of carbonyl (C=O) groups is 2. The Hall–Kier alpha value is -2.33. The molecule has 2 aliphatic rings. The summed E-state index contributed by atoms with van der Waals surface area (Å²) >= 11 is 5.96. The Morgan fingerprint density at radius 1 is 1.12 bits per heavy atom. The Morgan fingerprint density at radius 3 is 2.54 bits per heavy atom. The minimum Gasteiger partial charge on any atom is -0.441 e. The molecule has 0 unspecified atom stereocenters. The quantitative estimate of drug-likeness (QED) is 0.584. The summed E-state index contributed by atoms with van der Waals surface area (Å²) in [6, 6.07) is 10.9. The number of aryl methyl sites for hydroxylation is 2. The van der Waals surface area contributed by atoms with E-state index in [-0.39, 0.29) is 6.42 Å². The van der Waals surface area contributed by atoms with Gasteiger partial charge < -0.3 is 9.47 Å². The molecule has 5 heteroatoms. The van der Waals surface area contributed by atoms with Gasteiger partial charge in [0.15, 0.2) is 0 Å². The lowest BCUT2D eigenvalue weighted by atomic mass is 9.76. The number of rotatable bonds is 1. The molecular weight excluding hydrogens is 328 g/mol. The van der Waals surface area contributed by atoms with Gasteiger partial charge in [0.25, 0.3) is 0 Å². The van der Waals surface area contributed by atoms with Crippen molar-refractivity contribution in [3.05, 3.63) is 63.7 Å². The van der Waals surface area contributed by atoms with E-state index >= 15 is 0 Å². The lowest BCUT2D eigenvalue weighted by Crippen LogP contribution is -2.38. The summed E-state index contributed by atoms with van der Waals surface area (Å²) in [4.78, 5) is 24.9. The van der Waals surface area contributed by atoms with E-state index in [0.29, 0.717) is 16.3 Å². The fraction of sp³-hybridized carbons (Fsp3) is 0.263. The molecule has 0 N–H and O–H groups in total. The van der Waals surface area contributed by atoms with Crippen LogP contribution in [-0.2, 0) is 19.9 Å². The number of ether oxygens (including phenoxy) is 2. The van der Waals surface area contributed by atoms with Gasteiger partial charge in [0, 0.05) is 10.9 Å². The second-order valence-corrected chi connectivity index (χ2v) is 6.80. The van der Waals surface area contributed by atoms with Crippen molar-refractivity contribution in [2.45, 2.75) is 31.8 Å². The molecule has 122 valence electrons. The molecule has 4 nitrogen and oxygen atoms in total. The summed E-state index contributed by atoms with van der Waals surface area (Å²) in [7, 11) is 0. The summed E-state index contributed by atoms with van der Waals surface area (Å²) in [5, 5.41) is 0.597. The Bertz CT molecular complexity index is 872. The summed E-state index contributed by atoms with van der Waals surface area (Å²) < 4.78 is 11.1. The van der Waals surface area contributed by atoms with Crippen molar-refractivity contribution in [3.63, 3.8) is 0 Å². The highest BCUT2D eigenvalue weighted by Gasteiger charge is 2.63. The van der Waals surface area contributed by atoms with E-state index in [1.165, 1.54) is 0 Å². The van der Waals surface area contributed by atoms with Gasteiger partial charge in [0.1, 0.15) is 5.75 Å². The lowest BCUT2D eigenvalue weighted by Gasteiger charge is -2.27. The number of hydrogen-bond donors (Lipinski definition) is 0. The zero-order valence-electron chi connectivity index (χ0n) is 13.3. The van der Waals surface area contributed by atoms with E-state index in [4.69, 9.17) is 21.1 Å². The number of esters is 2. The van der Waals surface area contributed by atoms with Gasteiger partial charge in [-0.3, -0.25) is 4.79 Å². The normalized spacial score (nSPS) is 24.9. The molecule has 4 rings (SSSR count). The molecule has 0 aliphatic carbocycles. The summed E-state index contributed by atoms with van der Waals surface area (Å²) in [5.41, 5.74) is 1.95. The average Bonchev–Trinajstić information content (AvgIpc) is 2.98. The van der Waals surface area contributed by atoms with Gasteiger partial charge in [-0.15, -0.1) is 0 Å². The van der Waals surface area contributed by atoms with Crippen LogP contribution < -0.4 is 4.74 Å². The van der Waals surface area contributed by atoms with Crippen LogP contribution >= 0.6 is 11.6 Å². The maximum Gasteiger partial charge on any atom is 0.361 e. The van der Waals surface area contributed by atoms with Crippen LogP contribution in [0.1, 0.15) is 34.6 Å².